The van der Waals surface area contributed by atoms with Crippen LogP contribution in [0, 0.1) is 35.5 Å². The summed E-state index contributed by atoms with van der Waals surface area (Å²) in [6.45, 7) is 0.00143. The van der Waals surface area contributed by atoms with Gasteiger partial charge in [-0.05, 0) is 44.6 Å². The fourth-order valence-corrected chi connectivity index (χ4v) is 6.48. The van der Waals surface area contributed by atoms with Crippen molar-refractivity contribution >= 4 is 29.7 Å². The Hall–Kier alpha value is -2.83. The number of aliphatic imine (C=N–C) groups is 1. The summed E-state index contributed by atoms with van der Waals surface area (Å²) in [4.78, 5) is 53.6. The number of amides is 2. The van der Waals surface area contributed by atoms with Crippen LogP contribution in [0.4, 0.5) is 17.6 Å². The molecule has 0 aromatic carbocycles. The van der Waals surface area contributed by atoms with E-state index in [0.29, 0.717) is 12.8 Å². The van der Waals surface area contributed by atoms with Crippen LogP contribution in [0.1, 0.15) is 25.7 Å². The largest absolute Gasteiger partial charge is 0.480 e. The summed E-state index contributed by atoms with van der Waals surface area (Å²) in [7, 11) is 2.37. The Labute approximate surface area is 197 Å². The predicted molar refractivity (Wildman–Crippen MR) is 110 cm³/mol. The molecule has 2 aliphatic carbocycles. The van der Waals surface area contributed by atoms with E-state index in [1.165, 1.54) is 7.05 Å². The molecule has 9 nitrogen and oxygen atoms in total. The number of hydrogen-bond acceptors (Lipinski definition) is 7. The molecule has 2 bridgehead atoms. The number of rotatable bonds is 8. The molecular weight excluding hydrogens is 478 g/mol. The quantitative estimate of drug-likeness (QED) is 0.224. The molecule has 0 radical (unpaired) electrons. The number of halogens is 4. The number of hydrogen-bond donors (Lipinski definition) is 2. The van der Waals surface area contributed by atoms with Crippen molar-refractivity contribution in [3.8, 4) is 0 Å². The lowest BCUT2D eigenvalue weighted by Gasteiger charge is -2.38. The number of carboxylic acids is 1. The lowest BCUT2D eigenvalue weighted by molar-refractivity contribution is -0.142. The smallest absolute Gasteiger partial charge is 0.415 e. The number of unbranched alkanes of at least 4 members (excludes halogenated alkanes) is 1. The van der Waals surface area contributed by atoms with Gasteiger partial charge in [-0.2, -0.15) is 17.6 Å². The first-order valence-electron chi connectivity index (χ1n) is 11.3. The van der Waals surface area contributed by atoms with Gasteiger partial charge in [-0.25, -0.2) is 9.79 Å². The van der Waals surface area contributed by atoms with E-state index in [2.05, 4.69) is 15.0 Å². The molecular formula is C22H25F4N3O6. The molecule has 2 heterocycles. The van der Waals surface area contributed by atoms with Crippen molar-refractivity contribution in [2.24, 2.45) is 40.5 Å². The van der Waals surface area contributed by atoms with Crippen molar-refractivity contribution in [3.05, 3.63) is 11.3 Å². The SMILES string of the molecule is CNC(CCCCN1C(=O)C2C3CC(C2C1=O)C1C(C(F)(F)F)=C(C(=O)OC)N=C(F)C31)C(=O)O. The second-order valence-electron chi connectivity index (χ2n) is 9.36. The van der Waals surface area contributed by atoms with Crippen molar-refractivity contribution in [2.45, 2.75) is 37.9 Å². The second kappa shape index (κ2) is 8.99. The summed E-state index contributed by atoms with van der Waals surface area (Å²) in [6, 6.07) is -0.780. The zero-order valence-electron chi connectivity index (χ0n) is 19.0. The average Bonchev–Trinajstić information content (AvgIpc) is 3.42. The van der Waals surface area contributed by atoms with E-state index in [4.69, 9.17) is 5.11 Å². The van der Waals surface area contributed by atoms with Crippen LogP contribution in [-0.4, -0.2) is 72.6 Å². The van der Waals surface area contributed by atoms with Crippen LogP contribution in [0.25, 0.3) is 0 Å². The van der Waals surface area contributed by atoms with Gasteiger partial charge in [0.2, 0.25) is 11.8 Å². The molecule has 13 heteroatoms. The molecule has 192 valence electrons. The minimum absolute atomic E-state index is 0.00143. The fourth-order valence-electron chi connectivity index (χ4n) is 6.48. The lowest BCUT2D eigenvalue weighted by atomic mass is 9.65. The number of carbonyl (C=O) groups excluding carboxylic acids is 3. The predicted octanol–water partition coefficient (Wildman–Crippen LogP) is 1.68. The highest BCUT2D eigenvalue weighted by atomic mass is 19.4. The summed E-state index contributed by atoms with van der Waals surface area (Å²) in [5.74, 6) is -11.3. The number of nitrogens with zero attached hydrogens (tertiary/aromatic N) is 2. The van der Waals surface area contributed by atoms with E-state index >= 15 is 0 Å². The summed E-state index contributed by atoms with van der Waals surface area (Å²) in [6.07, 6.45) is -3.97. The van der Waals surface area contributed by atoms with E-state index in [1.54, 1.807) is 0 Å². The van der Waals surface area contributed by atoms with Gasteiger partial charge >= 0.3 is 18.1 Å². The average molecular weight is 503 g/mol. The topological polar surface area (TPSA) is 125 Å². The summed E-state index contributed by atoms with van der Waals surface area (Å²) in [5, 5.41) is 11.7. The van der Waals surface area contributed by atoms with Crippen LogP contribution in [0.5, 0.6) is 0 Å². The van der Waals surface area contributed by atoms with Gasteiger partial charge in [0.25, 0.3) is 0 Å². The van der Waals surface area contributed by atoms with Crippen LogP contribution in [0.15, 0.2) is 16.3 Å². The number of carboxylic acid groups (broad SMARTS) is 1. The van der Waals surface area contributed by atoms with Gasteiger partial charge in [0.05, 0.1) is 24.5 Å². The minimum atomic E-state index is -5.00. The third-order valence-electron chi connectivity index (χ3n) is 7.80. The number of alkyl halides is 3. The molecule has 0 spiro atoms. The molecule has 4 aliphatic rings. The number of imide groups is 1. The highest BCUT2D eigenvalue weighted by Gasteiger charge is 2.71. The van der Waals surface area contributed by atoms with E-state index in [-0.39, 0.29) is 19.4 Å². The van der Waals surface area contributed by atoms with E-state index < -0.39 is 88.7 Å². The van der Waals surface area contributed by atoms with Crippen LogP contribution in [0.3, 0.4) is 0 Å². The summed E-state index contributed by atoms with van der Waals surface area (Å²) in [5.41, 5.74) is -2.44. The number of nitrogens with one attached hydrogen (secondary N) is 1. The molecule has 2 saturated carbocycles. The zero-order chi connectivity index (χ0) is 25.8. The molecule has 0 aromatic heterocycles. The van der Waals surface area contributed by atoms with Gasteiger partial charge in [-0.15, -0.1) is 0 Å². The Bertz CT molecular complexity index is 1030. The van der Waals surface area contributed by atoms with Crippen LogP contribution < -0.4 is 5.32 Å². The number of methoxy groups -OCH3 is 1. The Morgan fingerprint density at radius 3 is 2.26 bits per heavy atom. The normalized spacial score (nSPS) is 32.5. The molecule has 35 heavy (non-hydrogen) atoms. The Balaban J connectivity index is 1.57. The number of esters is 1. The molecule has 2 N–H and O–H groups in total. The number of allylic oxidation sites excluding steroid dienone is 1. The maximum Gasteiger partial charge on any atom is 0.415 e. The lowest BCUT2D eigenvalue weighted by Crippen LogP contribution is -2.45. The zero-order valence-corrected chi connectivity index (χ0v) is 19.0. The number of aliphatic carboxylic acids is 1. The summed E-state index contributed by atoms with van der Waals surface area (Å²) < 4.78 is 61.6. The molecule has 1 saturated heterocycles. The number of likely N-dealkylation sites (N-methyl/N-ethyl adjacent to an activating group) is 1. The molecule has 7 unspecified atom stereocenters. The monoisotopic (exact) mass is 503 g/mol. The van der Waals surface area contributed by atoms with Gasteiger partial charge < -0.3 is 15.2 Å². The van der Waals surface area contributed by atoms with Crippen molar-refractivity contribution < 1.29 is 46.6 Å². The van der Waals surface area contributed by atoms with Gasteiger partial charge in [0, 0.05) is 18.4 Å². The van der Waals surface area contributed by atoms with Gasteiger partial charge in [-0.3, -0.25) is 19.3 Å². The molecule has 7 atom stereocenters. The third-order valence-corrected chi connectivity index (χ3v) is 7.80. The van der Waals surface area contributed by atoms with Gasteiger partial charge in [0.15, 0.2) is 11.7 Å². The Morgan fingerprint density at radius 1 is 1.14 bits per heavy atom. The van der Waals surface area contributed by atoms with Crippen molar-refractivity contribution in [1.82, 2.24) is 10.2 Å². The first-order valence-corrected chi connectivity index (χ1v) is 11.3. The molecule has 4 rings (SSSR count). The number of fused-ring (bicyclic) bond motifs is 8. The second-order valence-corrected chi connectivity index (χ2v) is 9.36. The Morgan fingerprint density at radius 2 is 1.74 bits per heavy atom. The van der Waals surface area contributed by atoms with Crippen LogP contribution in [-0.2, 0) is 23.9 Å². The highest BCUT2D eigenvalue weighted by molar-refractivity contribution is 6.07. The minimum Gasteiger partial charge on any atom is -0.480 e. The first kappa shape index (κ1) is 25.3. The highest BCUT2D eigenvalue weighted by Crippen LogP contribution is 2.66. The first-order chi connectivity index (χ1) is 16.4. The maximum absolute atomic E-state index is 15.0. The van der Waals surface area contributed by atoms with E-state index in [0.717, 1.165) is 12.0 Å². The van der Waals surface area contributed by atoms with E-state index in [9.17, 15) is 36.7 Å². The molecule has 0 aromatic rings. The third kappa shape index (κ3) is 3.93. The van der Waals surface area contributed by atoms with Gasteiger partial charge in [-0.1, -0.05) is 0 Å². The van der Waals surface area contributed by atoms with Gasteiger partial charge in [0.1, 0.15) is 6.04 Å². The van der Waals surface area contributed by atoms with Crippen LogP contribution >= 0.6 is 0 Å². The van der Waals surface area contributed by atoms with Crippen molar-refractivity contribution in [3.63, 3.8) is 0 Å². The standard InChI is InChI=1S/C22H25F4N3O6/c1-27-10(20(32)33)5-3-4-6-29-18(30)13-8-7-9(14(13)19(29)31)12-11(8)15(22(24,25)26)16(21(34)35-2)28-17(12)23/h8-14,27H,3-7H2,1-2H3,(H,32,33). The van der Waals surface area contributed by atoms with Crippen LogP contribution in [0.2, 0.25) is 0 Å². The van der Waals surface area contributed by atoms with Crippen molar-refractivity contribution in [1.29, 1.82) is 0 Å². The number of carbonyl (C=O) groups is 4. The molecule has 3 fully saturated rings. The number of likely N-dealkylation sites (tertiary alicyclic amines) is 1. The Kier molecular flexibility index (Phi) is 6.49. The molecule has 2 amide bonds. The summed E-state index contributed by atoms with van der Waals surface area (Å²) >= 11 is 0. The number of ether oxygens (including phenoxy) is 1. The molecule has 2 aliphatic heterocycles. The fraction of sp³-hybridized carbons (Fsp3) is 0.682. The maximum atomic E-state index is 15.0. The van der Waals surface area contributed by atoms with Crippen molar-refractivity contribution in [2.75, 3.05) is 20.7 Å². The van der Waals surface area contributed by atoms with E-state index in [1.807, 2.05) is 0 Å².